The number of ether oxygens (including phenoxy) is 4. The van der Waals surface area contributed by atoms with Crippen LogP contribution in [0.1, 0.15) is 19.3 Å². The maximum absolute atomic E-state index is 5.76. The van der Waals surface area contributed by atoms with E-state index in [0.29, 0.717) is 12.0 Å². The SMILES string of the molecule is CN=C(NCCCOCC1CCOC1)NC1CCN(c2cc(OC)cc(OC)c2)C1.I. The molecule has 0 spiro atoms. The lowest BCUT2D eigenvalue weighted by atomic mass is 10.1. The lowest BCUT2D eigenvalue weighted by Gasteiger charge is -2.21. The highest BCUT2D eigenvalue weighted by atomic mass is 127. The van der Waals surface area contributed by atoms with Gasteiger partial charge in [-0.25, -0.2) is 0 Å². The second-order valence-corrected chi connectivity index (χ2v) is 7.80. The average molecular weight is 548 g/mol. The number of benzene rings is 1. The topological polar surface area (TPSA) is 76.6 Å². The van der Waals surface area contributed by atoms with Crippen LogP contribution in [0.5, 0.6) is 11.5 Å². The molecule has 0 bridgehead atoms. The van der Waals surface area contributed by atoms with E-state index in [0.717, 1.165) is 88.5 Å². The molecule has 2 saturated heterocycles. The van der Waals surface area contributed by atoms with Crippen molar-refractivity contribution in [3.63, 3.8) is 0 Å². The first-order chi connectivity index (χ1) is 14.7. The molecule has 3 rings (SSSR count). The number of hydrogen-bond acceptors (Lipinski definition) is 6. The van der Waals surface area contributed by atoms with Crippen LogP contribution >= 0.6 is 24.0 Å². The number of nitrogens with zero attached hydrogens (tertiary/aromatic N) is 2. The fraction of sp³-hybridized carbons (Fsp3) is 0.682. The van der Waals surface area contributed by atoms with Crippen LogP contribution in [0.15, 0.2) is 23.2 Å². The minimum Gasteiger partial charge on any atom is -0.497 e. The Hall–Kier alpha value is -1.46. The molecular formula is C22H37IN4O4. The zero-order chi connectivity index (χ0) is 21.2. The van der Waals surface area contributed by atoms with Crippen molar-refractivity contribution in [3.8, 4) is 11.5 Å². The molecule has 2 heterocycles. The Morgan fingerprint density at radius 1 is 1.19 bits per heavy atom. The number of methoxy groups -OCH3 is 2. The van der Waals surface area contributed by atoms with E-state index in [-0.39, 0.29) is 24.0 Å². The summed E-state index contributed by atoms with van der Waals surface area (Å²) in [5.74, 6) is 3.03. The molecule has 0 amide bonds. The summed E-state index contributed by atoms with van der Waals surface area (Å²) in [6, 6.07) is 6.34. The fourth-order valence-corrected chi connectivity index (χ4v) is 3.82. The van der Waals surface area contributed by atoms with E-state index in [4.69, 9.17) is 18.9 Å². The van der Waals surface area contributed by atoms with Gasteiger partial charge >= 0.3 is 0 Å². The predicted octanol–water partition coefficient (Wildman–Crippen LogP) is 2.51. The van der Waals surface area contributed by atoms with Gasteiger partial charge in [-0.15, -0.1) is 24.0 Å². The molecule has 9 heteroatoms. The summed E-state index contributed by atoms with van der Waals surface area (Å²) in [7, 11) is 5.17. The Morgan fingerprint density at radius 3 is 2.61 bits per heavy atom. The summed E-state index contributed by atoms with van der Waals surface area (Å²) in [6.45, 7) is 6.00. The Balaban J connectivity index is 0.00000341. The second-order valence-electron chi connectivity index (χ2n) is 7.80. The van der Waals surface area contributed by atoms with E-state index in [9.17, 15) is 0 Å². The minimum absolute atomic E-state index is 0. The molecule has 1 aromatic carbocycles. The molecule has 2 aliphatic heterocycles. The van der Waals surface area contributed by atoms with Crippen molar-refractivity contribution in [3.05, 3.63) is 18.2 Å². The van der Waals surface area contributed by atoms with Crippen molar-refractivity contribution >= 4 is 35.6 Å². The smallest absolute Gasteiger partial charge is 0.191 e. The normalized spacial score (nSPS) is 21.0. The van der Waals surface area contributed by atoms with Crippen molar-refractivity contribution in [1.29, 1.82) is 0 Å². The van der Waals surface area contributed by atoms with E-state index in [1.54, 1.807) is 14.2 Å². The number of guanidine groups is 1. The standard InChI is InChI=1S/C22H36N4O4.HI/c1-23-22(24-7-4-9-29-15-17-6-10-30-16-17)25-18-5-8-26(14-18)19-11-20(27-2)13-21(12-19)28-3;/h11-13,17-18H,4-10,14-16H2,1-3H3,(H2,23,24,25);1H. The van der Waals surface area contributed by atoms with Gasteiger partial charge in [0, 0.05) is 75.7 Å². The van der Waals surface area contributed by atoms with Gasteiger partial charge in [0.15, 0.2) is 5.96 Å². The van der Waals surface area contributed by atoms with E-state index < -0.39 is 0 Å². The number of nitrogens with one attached hydrogen (secondary N) is 2. The van der Waals surface area contributed by atoms with Gasteiger partial charge in [-0.1, -0.05) is 0 Å². The van der Waals surface area contributed by atoms with Crippen molar-refractivity contribution in [2.24, 2.45) is 10.9 Å². The lowest BCUT2D eigenvalue weighted by molar-refractivity contribution is 0.0888. The highest BCUT2D eigenvalue weighted by Gasteiger charge is 2.24. The molecule has 0 aromatic heterocycles. The van der Waals surface area contributed by atoms with Gasteiger partial charge in [-0.2, -0.15) is 0 Å². The Kier molecular flexibility index (Phi) is 11.5. The van der Waals surface area contributed by atoms with Crippen LogP contribution in [0.4, 0.5) is 5.69 Å². The molecule has 2 fully saturated rings. The molecule has 0 radical (unpaired) electrons. The Morgan fingerprint density at radius 2 is 1.97 bits per heavy atom. The molecular weight excluding hydrogens is 511 g/mol. The molecule has 8 nitrogen and oxygen atoms in total. The largest absolute Gasteiger partial charge is 0.497 e. The molecule has 2 atom stereocenters. The van der Waals surface area contributed by atoms with Crippen LogP contribution in [0, 0.1) is 5.92 Å². The van der Waals surface area contributed by atoms with Gasteiger partial charge in [-0.05, 0) is 19.3 Å². The van der Waals surface area contributed by atoms with Gasteiger partial charge in [0.05, 0.1) is 27.4 Å². The first-order valence-corrected chi connectivity index (χ1v) is 10.8. The van der Waals surface area contributed by atoms with Gasteiger partial charge in [0.2, 0.25) is 0 Å². The van der Waals surface area contributed by atoms with Crippen molar-refractivity contribution in [2.75, 3.05) is 72.2 Å². The molecule has 2 unspecified atom stereocenters. The number of aliphatic imine (C=N–C) groups is 1. The summed E-state index contributed by atoms with van der Waals surface area (Å²) in [6.07, 6.45) is 3.12. The van der Waals surface area contributed by atoms with Gasteiger partial charge < -0.3 is 34.5 Å². The maximum Gasteiger partial charge on any atom is 0.191 e. The second kappa shape index (κ2) is 13.8. The van der Waals surface area contributed by atoms with Crippen LogP contribution in [0.2, 0.25) is 0 Å². The van der Waals surface area contributed by atoms with Crippen LogP contribution in [0.25, 0.3) is 0 Å². The number of hydrogen-bond donors (Lipinski definition) is 2. The molecule has 2 aliphatic rings. The molecule has 31 heavy (non-hydrogen) atoms. The zero-order valence-electron chi connectivity index (χ0n) is 18.9. The zero-order valence-corrected chi connectivity index (χ0v) is 21.2. The molecule has 2 N–H and O–H groups in total. The number of rotatable bonds is 10. The van der Waals surface area contributed by atoms with E-state index in [2.05, 4.69) is 32.7 Å². The Bertz CT molecular complexity index is 663. The maximum atomic E-state index is 5.76. The summed E-state index contributed by atoms with van der Waals surface area (Å²) in [5.41, 5.74) is 1.11. The quantitative estimate of drug-likeness (QED) is 0.202. The van der Waals surface area contributed by atoms with Crippen LogP contribution < -0.4 is 25.0 Å². The van der Waals surface area contributed by atoms with E-state index in [1.807, 2.05) is 13.1 Å². The molecule has 1 aromatic rings. The molecule has 0 aliphatic carbocycles. The number of halogens is 1. The van der Waals surface area contributed by atoms with E-state index in [1.165, 1.54) is 0 Å². The van der Waals surface area contributed by atoms with Crippen LogP contribution in [-0.4, -0.2) is 79.3 Å². The molecule has 176 valence electrons. The first-order valence-electron chi connectivity index (χ1n) is 10.8. The monoisotopic (exact) mass is 548 g/mol. The fourth-order valence-electron chi connectivity index (χ4n) is 3.82. The minimum atomic E-state index is 0. The van der Waals surface area contributed by atoms with Crippen molar-refractivity contribution in [2.45, 2.75) is 25.3 Å². The van der Waals surface area contributed by atoms with Crippen LogP contribution in [0.3, 0.4) is 0 Å². The van der Waals surface area contributed by atoms with Gasteiger partial charge in [0.1, 0.15) is 11.5 Å². The van der Waals surface area contributed by atoms with E-state index >= 15 is 0 Å². The summed E-state index contributed by atoms with van der Waals surface area (Å²) in [5, 5.41) is 6.93. The van der Waals surface area contributed by atoms with Crippen molar-refractivity contribution < 1.29 is 18.9 Å². The average Bonchev–Trinajstić information content (AvgIpc) is 3.47. The van der Waals surface area contributed by atoms with Crippen molar-refractivity contribution in [1.82, 2.24) is 10.6 Å². The lowest BCUT2D eigenvalue weighted by Crippen LogP contribution is -2.45. The summed E-state index contributed by atoms with van der Waals surface area (Å²) in [4.78, 5) is 6.71. The number of anilines is 1. The third kappa shape index (κ3) is 8.19. The predicted molar refractivity (Wildman–Crippen MR) is 134 cm³/mol. The highest BCUT2D eigenvalue weighted by molar-refractivity contribution is 14.0. The Labute approximate surface area is 203 Å². The van der Waals surface area contributed by atoms with Gasteiger partial charge in [-0.3, -0.25) is 4.99 Å². The third-order valence-electron chi connectivity index (χ3n) is 5.59. The van der Waals surface area contributed by atoms with Crippen LogP contribution in [-0.2, 0) is 9.47 Å². The highest BCUT2D eigenvalue weighted by Crippen LogP contribution is 2.30. The third-order valence-corrected chi connectivity index (χ3v) is 5.59. The summed E-state index contributed by atoms with van der Waals surface area (Å²) < 4.78 is 21.9. The molecule has 0 saturated carbocycles. The van der Waals surface area contributed by atoms with Gasteiger partial charge in [0.25, 0.3) is 0 Å². The summed E-state index contributed by atoms with van der Waals surface area (Å²) >= 11 is 0. The first kappa shape index (κ1) is 25.8.